The molecule has 1 rings (SSSR count). The maximum Gasteiger partial charge on any atom is 0.259 e. The van der Waals surface area contributed by atoms with Crippen molar-refractivity contribution in [3.05, 3.63) is 24.3 Å². The zero-order chi connectivity index (χ0) is 15.0. The van der Waals surface area contributed by atoms with Gasteiger partial charge < -0.3 is 14.8 Å². The van der Waals surface area contributed by atoms with Gasteiger partial charge in [-0.05, 0) is 32.4 Å². The van der Waals surface area contributed by atoms with Gasteiger partial charge in [0.1, 0.15) is 5.54 Å². The second kappa shape index (κ2) is 7.39. The maximum atomic E-state index is 11.8. The van der Waals surface area contributed by atoms with Crippen molar-refractivity contribution in [2.75, 3.05) is 13.2 Å². The Balaban J connectivity index is 2.60. The van der Waals surface area contributed by atoms with Crippen molar-refractivity contribution in [3.63, 3.8) is 0 Å². The Hall–Kier alpha value is -2.22. The molecule has 1 aromatic carbocycles. The molecule has 5 nitrogen and oxygen atoms in total. The Morgan fingerprint density at radius 1 is 1.30 bits per heavy atom. The van der Waals surface area contributed by atoms with Gasteiger partial charge in [-0.2, -0.15) is 5.26 Å². The molecule has 108 valence electrons. The van der Waals surface area contributed by atoms with Crippen LogP contribution in [0.15, 0.2) is 24.3 Å². The number of carbonyl (C=O) groups excluding carboxylic acids is 1. The molecule has 0 bridgehead atoms. The molecule has 0 aliphatic heterocycles. The summed E-state index contributed by atoms with van der Waals surface area (Å²) in [7, 11) is 0. The third-order valence-corrected chi connectivity index (χ3v) is 2.88. The number of nitrogens with one attached hydrogen (secondary N) is 1. The molecule has 1 amide bonds. The SMILES string of the molecule is CCOc1ccccc1OCC(=O)N[C@@](C)(C#N)CC. The summed E-state index contributed by atoms with van der Waals surface area (Å²) in [4.78, 5) is 11.8. The number of benzene rings is 1. The predicted octanol–water partition coefficient (Wildman–Crippen LogP) is 2.27. The van der Waals surface area contributed by atoms with Crippen LogP contribution in [0.3, 0.4) is 0 Å². The zero-order valence-corrected chi connectivity index (χ0v) is 12.1. The molecule has 5 heteroatoms. The maximum absolute atomic E-state index is 11.8. The molecule has 1 N–H and O–H groups in total. The summed E-state index contributed by atoms with van der Waals surface area (Å²) in [6.45, 7) is 5.77. The highest BCUT2D eigenvalue weighted by atomic mass is 16.5. The van der Waals surface area contributed by atoms with Gasteiger partial charge in [0, 0.05) is 0 Å². The fourth-order valence-electron chi connectivity index (χ4n) is 1.53. The van der Waals surface area contributed by atoms with E-state index in [0.29, 0.717) is 24.5 Å². The quantitative estimate of drug-likeness (QED) is 0.829. The Morgan fingerprint density at radius 3 is 2.40 bits per heavy atom. The van der Waals surface area contributed by atoms with Crippen LogP contribution >= 0.6 is 0 Å². The highest BCUT2D eigenvalue weighted by Gasteiger charge is 2.23. The summed E-state index contributed by atoms with van der Waals surface area (Å²) < 4.78 is 10.8. The second-order valence-corrected chi connectivity index (χ2v) is 4.51. The number of amides is 1. The molecule has 0 aliphatic rings. The Labute approximate surface area is 119 Å². The summed E-state index contributed by atoms with van der Waals surface area (Å²) in [5, 5.41) is 11.7. The van der Waals surface area contributed by atoms with Gasteiger partial charge in [0.25, 0.3) is 5.91 Å². The monoisotopic (exact) mass is 276 g/mol. The van der Waals surface area contributed by atoms with Crippen LogP contribution in [0.2, 0.25) is 0 Å². The molecular weight excluding hydrogens is 256 g/mol. The first kappa shape index (κ1) is 15.8. The summed E-state index contributed by atoms with van der Waals surface area (Å²) in [5.41, 5.74) is -0.861. The van der Waals surface area contributed by atoms with Gasteiger partial charge in [-0.15, -0.1) is 0 Å². The van der Waals surface area contributed by atoms with Gasteiger partial charge >= 0.3 is 0 Å². The van der Waals surface area contributed by atoms with E-state index in [4.69, 9.17) is 14.7 Å². The number of ether oxygens (including phenoxy) is 2. The van der Waals surface area contributed by atoms with E-state index >= 15 is 0 Å². The molecule has 20 heavy (non-hydrogen) atoms. The number of rotatable bonds is 7. The van der Waals surface area contributed by atoms with E-state index in [9.17, 15) is 4.79 Å². The minimum absolute atomic E-state index is 0.151. The number of hydrogen-bond donors (Lipinski definition) is 1. The molecule has 0 radical (unpaired) electrons. The van der Waals surface area contributed by atoms with Crippen LogP contribution in [-0.4, -0.2) is 24.7 Å². The van der Waals surface area contributed by atoms with E-state index in [1.165, 1.54) is 0 Å². The topological polar surface area (TPSA) is 71.3 Å². The largest absolute Gasteiger partial charge is 0.490 e. The first-order valence-corrected chi connectivity index (χ1v) is 6.61. The van der Waals surface area contributed by atoms with Crippen LogP contribution < -0.4 is 14.8 Å². The van der Waals surface area contributed by atoms with E-state index in [0.717, 1.165) is 0 Å². The number of nitrogens with zero attached hydrogens (tertiary/aromatic N) is 1. The minimum Gasteiger partial charge on any atom is -0.490 e. The lowest BCUT2D eigenvalue weighted by molar-refractivity contribution is -0.124. The molecule has 0 heterocycles. The highest BCUT2D eigenvalue weighted by Crippen LogP contribution is 2.26. The summed E-state index contributed by atoms with van der Waals surface area (Å²) in [5.74, 6) is 0.781. The van der Waals surface area contributed by atoms with E-state index in [1.807, 2.05) is 19.9 Å². The normalized spacial score (nSPS) is 12.9. The molecule has 0 fully saturated rings. The van der Waals surface area contributed by atoms with Crippen molar-refractivity contribution < 1.29 is 14.3 Å². The van der Waals surface area contributed by atoms with E-state index in [-0.39, 0.29) is 12.5 Å². The van der Waals surface area contributed by atoms with Crippen molar-refractivity contribution in [2.45, 2.75) is 32.7 Å². The van der Waals surface area contributed by atoms with Crippen molar-refractivity contribution in [3.8, 4) is 17.6 Å². The van der Waals surface area contributed by atoms with Crippen molar-refractivity contribution in [1.29, 1.82) is 5.26 Å². The lowest BCUT2D eigenvalue weighted by Crippen LogP contribution is -2.46. The van der Waals surface area contributed by atoms with Gasteiger partial charge in [-0.1, -0.05) is 19.1 Å². The van der Waals surface area contributed by atoms with Gasteiger partial charge in [-0.25, -0.2) is 0 Å². The number of nitriles is 1. The first-order chi connectivity index (χ1) is 9.54. The Bertz CT molecular complexity index is 496. The van der Waals surface area contributed by atoms with Crippen LogP contribution in [0.25, 0.3) is 0 Å². The van der Waals surface area contributed by atoms with Gasteiger partial charge in [0.2, 0.25) is 0 Å². The standard InChI is InChI=1S/C15H20N2O3/c1-4-15(3,11-16)17-14(18)10-20-13-9-7-6-8-12(13)19-5-2/h6-9H,4-5,10H2,1-3H3,(H,17,18)/t15-/m1/s1. The van der Waals surface area contributed by atoms with Crippen LogP contribution in [0.4, 0.5) is 0 Å². The molecule has 0 saturated heterocycles. The zero-order valence-electron chi connectivity index (χ0n) is 12.1. The Morgan fingerprint density at radius 2 is 1.90 bits per heavy atom. The summed E-state index contributed by atoms with van der Waals surface area (Å²) in [6.07, 6.45) is 0.533. The summed E-state index contributed by atoms with van der Waals surface area (Å²) in [6, 6.07) is 9.24. The number of para-hydroxylation sites is 2. The lowest BCUT2D eigenvalue weighted by atomic mass is 10.0. The number of carbonyl (C=O) groups is 1. The smallest absolute Gasteiger partial charge is 0.259 e. The molecule has 0 spiro atoms. The van der Waals surface area contributed by atoms with Crippen molar-refractivity contribution in [2.24, 2.45) is 0 Å². The molecule has 0 unspecified atom stereocenters. The van der Waals surface area contributed by atoms with Crippen molar-refractivity contribution in [1.82, 2.24) is 5.32 Å². The van der Waals surface area contributed by atoms with E-state index in [1.54, 1.807) is 25.1 Å². The number of hydrogen-bond acceptors (Lipinski definition) is 4. The highest BCUT2D eigenvalue weighted by molar-refractivity contribution is 5.78. The van der Waals surface area contributed by atoms with Crippen LogP contribution in [0, 0.1) is 11.3 Å². The van der Waals surface area contributed by atoms with Crippen LogP contribution in [0.1, 0.15) is 27.2 Å². The van der Waals surface area contributed by atoms with Gasteiger partial charge in [0.05, 0.1) is 12.7 Å². The van der Waals surface area contributed by atoms with E-state index in [2.05, 4.69) is 11.4 Å². The van der Waals surface area contributed by atoms with Crippen LogP contribution in [0.5, 0.6) is 11.5 Å². The molecule has 1 atom stereocenters. The predicted molar refractivity (Wildman–Crippen MR) is 75.6 cm³/mol. The first-order valence-electron chi connectivity index (χ1n) is 6.61. The Kier molecular flexibility index (Phi) is 5.85. The van der Waals surface area contributed by atoms with Crippen LogP contribution in [-0.2, 0) is 4.79 Å². The van der Waals surface area contributed by atoms with Gasteiger partial charge in [0.15, 0.2) is 18.1 Å². The minimum atomic E-state index is -0.861. The lowest BCUT2D eigenvalue weighted by Gasteiger charge is -2.21. The van der Waals surface area contributed by atoms with Crippen molar-refractivity contribution >= 4 is 5.91 Å². The molecular formula is C15H20N2O3. The summed E-state index contributed by atoms with van der Waals surface area (Å²) >= 11 is 0. The third kappa shape index (κ3) is 4.47. The average molecular weight is 276 g/mol. The fourth-order valence-corrected chi connectivity index (χ4v) is 1.53. The molecule has 0 saturated carbocycles. The average Bonchev–Trinajstić information content (AvgIpc) is 2.46. The van der Waals surface area contributed by atoms with Gasteiger partial charge in [-0.3, -0.25) is 4.79 Å². The molecule has 1 aromatic rings. The fraction of sp³-hybridized carbons (Fsp3) is 0.467. The third-order valence-electron chi connectivity index (χ3n) is 2.88. The second-order valence-electron chi connectivity index (χ2n) is 4.51. The van der Waals surface area contributed by atoms with E-state index < -0.39 is 5.54 Å². The molecule has 0 aromatic heterocycles. The molecule has 0 aliphatic carbocycles.